The van der Waals surface area contributed by atoms with E-state index in [1.165, 1.54) is 0 Å². The molecule has 5 heteroatoms. The van der Waals surface area contributed by atoms with E-state index in [1.807, 2.05) is 13.8 Å². The minimum atomic E-state index is -0.864. The van der Waals surface area contributed by atoms with Crippen molar-refractivity contribution in [3.8, 4) is 0 Å². The van der Waals surface area contributed by atoms with Crippen molar-refractivity contribution in [1.29, 1.82) is 0 Å². The molecule has 1 aliphatic rings. The van der Waals surface area contributed by atoms with Crippen LogP contribution in [0.3, 0.4) is 0 Å². The first kappa shape index (κ1) is 10.0. The van der Waals surface area contributed by atoms with E-state index < -0.39 is 11.9 Å². The predicted molar refractivity (Wildman–Crippen MR) is 53.4 cm³/mol. The average molecular weight is 210 g/mol. The molecule has 0 aromatic carbocycles. The second-order valence-electron chi connectivity index (χ2n) is 4.80. The molecule has 0 amide bonds. The highest BCUT2D eigenvalue weighted by atomic mass is 16.4. The summed E-state index contributed by atoms with van der Waals surface area (Å²) in [5.74, 6) is -0.835. The molecule has 0 fully saturated rings. The van der Waals surface area contributed by atoms with Crippen molar-refractivity contribution in [2.24, 2.45) is 5.41 Å². The van der Waals surface area contributed by atoms with Crippen LogP contribution in [-0.2, 0) is 11.2 Å². The topological polar surface area (TPSA) is 89.4 Å². The van der Waals surface area contributed by atoms with Crippen LogP contribution in [0, 0.1) is 5.41 Å². The zero-order valence-corrected chi connectivity index (χ0v) is 8.78. The van der Waals surface area contributed by atoms with Crippen molar-refractivity contribution in [2.45, 2.75) is 32.6 Å². The molecule has 1 unspecified atom stereocenters. The monoisotopic (exact) mass is 210 g/mol. The number of rotatable bonds is 1. The van der Waals surface area contributed by atoms with Gasteiger partial charge in [-0.3, -0.25) is 4.79 Å². The van der Waals surface area contributed by atoms with E-state index in [2.05, 4.69) is 4.98 Å². The van der Waals surface area contributed by atoms with Crippen molar-refractivity contribution in [3.05, 3.63) is 11.5 Å². The molecular formula is C10H14N2O3. The van der Waals surface area contributed by atoms with Crippen molar-refractivity contribution in [3.63, 3.8) is 0 Å². The number of hydrogen-bond acceptors (Lipinski definition) is 4. The fourth-order valence-corrected chi connectivity index (χ4v) is 2.14. The van der Waals surface area contributed by atoms with Gasteiger partial charge in [0.15, 0.2) is 0 Å². The molecule has 5 nitrogen and oxygen atoms in total. The zero-order valence-electron chi connectivity index (χ0n) is 8.78. The van der Waals surface area contributed by atoms with Crippen LogP contribution >= 0.6 is 0 Å². The number of aromatic nitrogens is 1. The number of nitrogens with two attached hydrogens (primary N) is 1. The second kappa shape index (κ2) is 2.98. The van der Waals surface area contributed by atoms with Gasteiger partial charge in [0, 0.05) is 6.42 Å². The van der Waals surface area contributed by atoms with Gasteiger partial charge in [0.05, 0.1) is 5.69 Å². The number of oxazole rings is 1. The summed E-state index contributed by atoms with van der Waals surface area (Å²) in [5, 5.41) is 9.10. The summed E-state index contributed by atoms with van der Waals surface area (Å²) >= 11 is 0. The van der Waals surface area contributed by atoms with Crippen LogP contribution < -0.4 is 5.73 Å². The van der Waals surface area contributed by atoms with Gasteiger partial charge < -0.3 is 15.3 Å². The van der Waals surface area contributed by atoms with Crippen LogP contribution in [0.2, 0.25) is 0 Å². The van der Waals surface area contributed by atoms with Crippen molar-refractivity contribution in [2.75, 3.05) is 5.73 Å². The van der Waals surface area contributed by atoms with Crippen LogP contribution in [0.15, 0.2) is 4.42 Å². The Hall–Kier alpha value is -1.52. The molecule has 0 spiro atoms. The molecule has 82 valence electrons. The summed E-state index contributed by atoms with van der Waals surface area (Å²) in [5.41, 5.74) is 5.86. The molecule has 3 N–H and O–H groups in total. The predicted octanol–water partition coefficient (Wildman–Crippen LogP) is 1.40. The summed E-state index contributed by atoms with van der Waals surface area (Å²) in [6.07, 6.45) is 1.26. The number of nitrogens with zero attached hydrogens (tertiary/aromatic N) is 1. The lowest BCUT2D eigenvalue weighted by Crippen LogP contribution is -2.29. The Balaban J connectivity index is 2.47. The lowest BCUT2D eigenvalue weighted by atomic mass is 9.73. The zero-order chi connectivity index (χ0) is 11.2. The van der Waals surface area contributed by atoms with E-state index in [0.717, 1.165) is 0 Å². The Morgan fingerprint density at radius 3 is 2.93 bits per heavy atom. The molecule has 1 aromatic rings. The van der Waals surface area contributed by atoms with E-state index in [1.54, 1.807) is 0 Å². The fourth-order valence-electron chi connectivity index (χ4n) is 2.14. The van der Waals surface area contributed by atoms with E-state index >= 15 is 0 Å². The smallest absolute Gasteiger partial charge is 0.312 e. The van der Waals surface area contributed by atoms with Crippen LogP contribution in [0.4, 0.5) is 6.01 Å². The third-order valence-corrected chi connectivity index (χ3v) is 2.77. The number of carboxylic acids is 1. The van der Waals surface area contributed by atoms with Gasteiger partial charge in [-0.15, -0.1) is 0 Å². The maximum Gasteiger partial charge on any atom is 0.312 e. The van der Waals surface area contributed by atoms with Gasteiger partial charge >= 0.3 is 5.97 Å². The average Bonchev–Trinajstić information content (AvgIpc) is 2.41. The minimum Gasteiger partial charge on any atom is -0.481 e. The van der Waals surface area contributed by atoms with E-state index in [9.17, 15) is 4.79 Å². The van der Waals surface area contributed by atoms with Crippen LogP contribution in [0.5, 0.6) is 0 Å². The summed E-state index contributed by atoms with van der Waals surface area (Å²) in [7, 11) is 0. The molecule has 1 aromatic heterocycles. The summed E-state index contributed by atoms with van der Waals surface area (Å²) in [4.78, 5) is 15.0. The van der Waals surface area contributed by atoms with Crippen LogP contribution in [0.1, 0.15) is 37.6 Å². The molecule has 1 heterocycles. The molecule has 0 radical (unpaired) electrons. The lowest BCUT2D eigenvalue weighted by molar-refractivity contribution is -0.140. The Morgan fingerprint density at radius 1 is 1.67 bits per heavy atom. The van der Waals surface area contributed by atoms with E-state index in [0.29, 0.717) is 24.3 Å². The normalized spacial score (nSPS) is 23.5. The van der Waals surface area contributed by atoms with Crippen molar-refractivity contribution < 1.29 is 14.3 Å². The molecule has 15 heavy (non-hydrogen) atoms. The first-order valence-electron chi connectivity index (χ1n) is 4.87. The third kappa shape index (κ3) is 1.69. The van der Waals surface area contributed by atoms with Gasteiger partial charge in [-0.2, -0.15) is 4.98 Å². The molecule has 2 rings (SSSR count). The first-order valence-corrected chi connectivity index (χ1v) is 4.87. The molecular weight excluding hydrogens is 196 g/mol. The summed E-state index contributed by atoms with van der Waals surface area (Å²) < 4.78 is 5.23. The molecule has 0 bridgehead atoms. The molecule has 1 atom stereocenters. The quantitative estimate of drug-likeness (QED) is 0.731. The van der Waals surface area contributed by atoms with Gasteiger partial charge in [-0.1, -0.05) is 13.8 Å². The van der Waals surface area contributed by atoms with Gasteiger partial charge in [-0.05, 0) is 11.8 Å². The minimum absolute atomic E-state index is 0.0592. The Morgan fingerprint density at radius 2 is 2.33 bits per heavy atom. The van der Waals surface area contributed by atoms with Crippen LogP contribution in [-0.4, -0.2) is 16.1 Å². The number of hydrogen-bond donors (Lipinski definition) is 2. The number of fused-ring (bicyclic) bond motifs is 1. The van der Waals surface area contributed by atoms with E-state index in [4.69, 9.17) is 15.3 Å². The molecule has 1 aliphatic carbocycles. The van der Waals surface area contributed by atoms with Gasteiger partial charge in [0.1, 0.15) is 11.7 Å². The van der Waals surface area contributed by atoms with Crippen molar-refractivity contribution >= 4 is 12.0 Å². The Kier molecular flexibility index (Phi) is 1.99. The van der Waals surface area contributed by atoms with Crippen LogP contribution in [0.25, 0.3) is 0 Å². The molecule has 0 saturated heterocycles. The second-order valence-corrected chi connectivity index (χ2v) is 4.80. The number of nitrogen functional groups attached to an aromatic ring is 1. The van der Waals surface area contributed by atoms with E-state index in [-0.39, 0.29) is 11.4 Å². The largest absolute Gasteiger partial charge is 0.481 e. The maximum atomic E-state index is 11.1. The Bertz CT molecular complexity index is 409. The third-order valence-electron chi connectivity index (χ3n) is 2.77. The highest BCUT2D eigenvalue weighted by Gasteiger charge is 2.39. The number of carbonyl (C=O) groups is 1. The van der Waals surface area contributed by atoms with Gasteiger partial charge in [0.25, 0.3) is 6.01 Å². The standard InChI is InChI=1S/C10H14N2O3/c1-10(2)3-5(8(13)14)7-6(4-10)15-9(11)12-7/h5H,3-4H2,1-2H3,(H2,11,12)(H,13,14). The van der Waals surface area contributed by atoms with Crippen molar-refractivity contribution in [1.82, 2.24) is 4.98 Å². The SMILES string of the molecule is CC1(C)Cc2oc(N)nc2C(C(=O)O)C1. The number of anilines is 1. The summed E-state index contributed by atoms with van der Waals surface area (Å²) in [6, 6.07) is 0.0592. The lowest BCUT2D eigenvalue weighted by Gasteiger charge is -2.31. The molecule has 0 saturated carbocycles. The Labute approximate surface area is 87.3 Å². The first-order chi connectivity index (χ1) is 6.89. The maximum absolute atomic E-state index is 11.1. The summed E-state index contributed by atoms with van der Waals surface area (Å²) in [6.45, 7) is 4.04. The number of aliphatic carboxylic acids is 1. The highest BCUT2D eigenvalue weighted by molar-refractivity contribution is 5.76. The van der Waals surface area contributed by atoms with Gasteiger partial charge in [0.2, 0.25) is 0 Å². The highest BCUT2D eigenvalue weighted by Crippen LogP contribution is 2.42. The fraction of sp³-hybridized carbons (Fsp3) is 0.600. The number of carboxylic acid groups (broad SMARTS) is 1. The molecule has 0 aliphatic heterocycles. The van der Waals surface area contributed by atoms with Gasteiger partial charge in [-0.25, -0.2) is 0 Å².